The van der Waals surface area contributed by atoms with Gasteiger partial charge in [0, 0.05) is 37.8 Å². The van der Waals surface area contributed by atoms with Crippen LogP contribution in [0.4, 0.5) is 5.69 Å². The van der Waals surface area contributed by atoms with Crippen molar-refractivity contribution in [3.05, 3.63) is 30.3 Å². The van der Waals surface area contributed by atoms with Crippen LogP contribution in [0.3, 0.4) is 0 Å². The first kappa shape index (κ1) is 17.8. The Morgan fingerprint density at radius 2 is 1.56 bits per heavy atom. The zero-order chi connectivity index (χ0) is 17.6. The predicted molar refractivity (Wildman–Crippen MR) is 97.3 cm³/mol. The second-order valence-corrected chi connectivity index (χ2v) is 6.95. The number of anilines is 1. The standard InChI is InChI=1S/C20H28N2O3/c1-2-25-20(24)17-10-14-22(15-11-17)19(23)16-8-12-21(13-9-16)18-6-4-3-5-7-18/h3-7,16-17H,2,8-15H2,1H3. The van der Waals surface area contributed by atoms with E-state index >= 15 is 0 Å². The van der Waals surface area contributed by atoms with Crippen LogP contribution in [0.25, 0.3) is 0 Å². The first-order chi connectivity index (χ1) is 12.2. The van der Waals surface area contributed by atoms with Gasteiger partial charge in [0.2, 0.25) is 5.91 Å². The summed E-state index contributed by atoms with van der Waals surface area (Å²) in [5, 5.41) is 0. The fourth-order valence-corrected chi connectivity index (χ4v) is 3.88. The van der Waals surface area contributed by atoms with Crippen molar-refractivity contribution >= 4 is 17.6 Å². The molecule has 3 rings (SSSR count). The number of carbonyl (C=O) groups is 2. The number of benzene rings is 1. The summed E-state index contributed by atoms with van der Waals surface area (Å²) in [6.07, 6.45) is 3.28. The fraction of sp³-hybridized carbons (Fsp3) is 0.600. The molecular formula is C20H28N2O3. The van der Waals surface area contributed by atoms with Crippen molar-refractivity contribution in [1.29, 1.82) is 0 Å². The Labute approximate surface area is 149 Å². The normalized spacial score (nSPS) is 19.7. The minimum absolute atomic E-state index is 0.0380. The molecule has 0 aliphatic carbocycles. The molecule has 136 valence electrons. The van der Waals surface area contributed by atoms with Gasteiger partial charge in [-0.3, -0.25) is 9.59 Å². The summed E-state index contributed by atoms with van der Waals surface area (Å²) in [5.41, 5.74) is 1.24. The first-order valence-electron chi connectivity index (χ1n) is 9.44. The number of hydrogen-bond donors (Lipinski definition) is 0. The van der Waals surface area contributed by atoms with Gasteiger partial charge in [0.15, 0.2) is 0 Å². The van der Waals surface area contributed by atoms with Gasteiger partial charge in [-0.2, -0.15) is 0 Å². The van der Waals surface area contributed by atoms with E-state index in [1.165, 1.54) is 5.69 Å². The molecule has 2 aliphatic heterocycles. The molecule has 5 nitrogen and oxygen atoms in total. The molecule has 2 fully saturated rings. The Hall–Kier alpha value is -2.04. The molecule has 25 heavy (non-hydrogen) atoms. The van der Waals surface area contributed by atoms with Gasteiger partial charge < -0.3 is 14.5 Å². The van der Waals surface area contributed by atoms with E-state index in [-0.39, 0.29) is 23.7 Å². The summed E-state index contributed by atoms with van der Waals surface area (Å²) >= 11 is 0. The van der Waals surface area contributed by atoms with Crippen molar-refractivity contribution < 1.29 is 14.3 Å². The molecule has 0 saturated carbocycles. The van der Waals surface area contributed by atoms with Gasteiger partial charge in [0.05, 0.1) is 12.5 Å². The lowest BCUT2D eigenvalue weighted by atomic mass is 9.92. The lowest BCUT2D eigenvalue weighted by Gasteiger charge is -2.37. The van der Waals surface area contributed by atoms with Crippen molar-refractivity contribution in [3.8, 4) is 0 Å². The predicted octanol–water partition coefficient (Wildman–Crippen LogP) is 2.70. The van der Waals surface area contributed by atoms with Crippen molar-refractivity contribution in [2.75, 3.05) is 37.7 Å². The highest BCUT2D eigenvalue weighted by atomic mass is 16.5. The van der Waals surface area contributed by atoms with Crippen LogP contribution in [0.1, 0.15) is 32.6 Å². The Bertz CT molecular complexity index is 574. The lowest BCUT2D eigenvalue weighted by Crippen LogP contribution is -2.46. The van der Waals surface area contributed by atoms with E-state index in [1.54, 1.807) is 0 Å². The molecule has 0 unspecified atom stereocenters. The average Bonchev–Trinajstić information content (AvgIpc) is 2.68. The number of para-hydroxylation sites is 1. The minimum atomic E-state index is -0.106. The Kier molecular flexibility index (Phi) is 5.95. The quantitative estimate of drug-likeness (QED) is 0.788. The molecule has 2 saturated heterocycles. The number of esters is 1. The van der Waals surface area contributed by atoms with Crippen LogP contribution in [0.15, 0.2) is 30.3 Å². The third-order valence-electron chi connectivity index (χ3n) is 5.39. The van der Waals surface area contributed by atoms with E-state index in [9.17, 15) is 9.59 Å². The van der Waals surface area contributed by atoms with Crippen LogP contribution in [-0.2, 0) is 14.3 Å². The van der Waals surface area contributed by atoms with Gasteiger partial charge in [-0.15, -0.1) is 0 Å². The topological polar surface area (TPSA) is 49.9 Å². The summed E-state index contributed by atoms with van der Waals surface area (Å²) in [4.78, 5) is 28.9. The molecule has 0 aromatic heterocycles. The summed E-state index contributed by atoms with van der Waals surface area (Å²) in [7, 11) is 0. The Morgan fingerprint density at radius 1 is 0.960 bits per heavy atom. The molecule has 0 radical (unpaired) electrons. The van der Waals surface area contributed by atoms with Gasteiger partial charge in [-0.25, -0.2) is 0 Å². The van der Waals surface area contributed by atoms with Gasteiger partial charge in [-0.1, -0.05) is 18.2 Å². The van der Waals surface area contributed by atoms with Crippen LogP contribution in [-0.4, -0.2) is 49.6 Å². The molecular weight excluding hydrogens is 316 g/mol. The number of likely N-dealkylation sites (tertiary alicyclic amines) is 1. The third kappa shape index (κ3) is 4.33. The molecule has 2 aliphatic rings. The molecule has 0 N–H and O–H groups in total. The average molecular weight is 344 g/mol. The highest BCUT2D eigenvalue weighted by Crippen LogP contribution is 2.26. The van der Waals surface area contributed by atoms with Crippen molar-refractivity contribution in [2.45, 2.75) is 32.6 Å². The maximum Gasteiger partial charge on any atom is 0.309 e. The summed E-state index contributed by atoms with van der Waals surface area (Å²) in [6, 6.07) is 10.4. The number of rotatable bonds is 4. The molecule has 2 heterocycles. The monoisotopic (exact) mass is 344 g/mol. The van der Waals surface area contributed by atoms with Gasteiger partial charge >= 0.3 is 5.97 Å². The minimum Gasteiger partial charge on any atom is -0.466 e. The fourth-order valence-electron chi connectivity index (χ4n) is 3.88. The van der Waals surface area contributed by atoms with Gasteiger partial charge in [0.1, 0.15) is 0 Å². The van der Waals surface area contributed by atoms with Crippen LogP contribution in [0.2, 0.25) is 0 Å². The van der Waals surface area contributed by atoms with Crippen molar-refractivity contribution in [3.63, 3.8) is 0 Å². The first-order valence-corrected chi connectivity index (χ1v) is 9.44. The zero-order valence-electron chi connectivity index (χ0n) is 15.0. The lowest BCUT2D eigenvalue weighted by molar-refractivity contribution is -0.151. The molecule has 0 spiro atoms. The maximum absolute atomic E-state index is 12.8. The van der Waals surface area contributed by atoms with E-state index in [0.29, 0.717) is 19.7 Å². The molecule has 1 aromatic rings. The number of hydrogen-bond acceptors (Lipinski definition) is 4. The second kappa shape index (κ2) is 8.37. The third-order valence-corrected chi connectivity index (χ3v) is 5.39. The molecule has 0 bridgehead atoms. The van der Waals surface area contributed by atoms with Crippen LogP contribution in [0, 0.1) is 11.8 Å². The van der Waals surface area contributed by atoms with E-state index < -0.39 is 0 Å². The van der Waals surface area contributed by atoms with Gasteiger partial charge in [0.25, 0.3) is 0 Å². The van der Waals surface area contributed by atoms with E-state index in [2.05, 4.69) is 29.2 Å². The zero-order valence-corrected chi connectivity index (χ0v) is 15.0. The molecule has 0 atom stereocenters. The highest BCUT2D eigenvalue weighted by molar-refractivity contribution is 5.80. The van der Waals surface area contributed by atoms with Gasteiger partial charge in [-0.05, 0) is 44.7 Å². The Morgan fingerprint density at radius 3 is 2.16 bits per heavy atom. The highest BCUT2D eigenvalue weighted by Gasteiger charge is 2.33. The number of piperidine rings is 2. The smallest absolute Gasteiger partial charge is 0.309 e. The Balaban J connectivity index is 1.46. The van der Waals surface area contributed by atoms with Crippen molar-refractivity contribution in [1.82, 2.24) is 4.90 Å². The molecule has 5 heteroatoms. The number of ether oxygens (including phenoxy) is 1. The second-order valence-electron chi connectivity index (χ2n) is 6.95. The number of carbonyl (C=O) groups excluding carboxylic acids is 2. The van der Waals surface area contributed by atoms with Crippen LogP contribution < -0.4 is 4.90 Å². The van der Waals surface area contributed by atoms with E-state index in [4.69, 9.17) is 4.74 Å². The molecule has 1 aromatic carbocycles. The van der Waals surface area contributed by atoms with E-state index in [0.717, 1.165) is 38.8 Å². The number of amides is 1. The SMILES string of the molecule is CCOC(=O)C1CCN(C(=O)C2CCN(c3ccccc3)CC2)CC1. The van der Waals surface area contributed by atoms with Crippen LogP contribution >= 0.6 is 0 Å². The maximum atomic E-state index is 12.8. The summed E-state index contributed by atoms with van der Waals surface area (Å²) < 4.78 is 5.10. The molecule has 1 amide bonds. The van der Waals surface area contributed by atoms with Crippen molar-refractivity contribution in [2.24, 2.45) is 11.8 Å². The largest absolute Gasteiger partial charge is 0.466 e. The number of nitrogens with zero attached hydrogens (tertiary/aromatic N) is 2. The van der Waals surface area contributed by atoms with E-state index in [1.807, 2.05) is 17.9 Å². The summed E-state index contributed by atoms with van der Waals surface area (Å²) in [6.45, 7) is 5.48. The summed E-state index contributed by atoms with van der Waals surface area (Å²) in [5.74, 6) is 0.254. The van der Waals surface area contributed by atoms with Crippen LogP contribution in [0.5, 0.6) is 0 Å².